The SMILES string of the molecule is CC1CN(c2ccc3c(c2)CCCN3)S(=O)(=O)C1. The molecule has 2 aliphatic heterocycles. The molecule has 3 rings (SSSR count). The molecule has 0 bridgehead atoms. The largest absolute Gasteiger partial charge is 0.385 e. The Hall–Kier alpha value is -1.23. The Kier molecular flexibility index (Phi) is 2.73. The van der Waals surface area contributed by atoms with Crippen LogP contribution in [0.5, 0.6) is 0 Å². The second kappa shape index (κ2) is 4.16. The summed E-state index contributed by atoms with van der Waals surface area (Å²) >= 11 is 0. The van der Waals surface area contributed by atoms with Gasteiger partial charge in [0, 0.05) is 18.8 Å². The van der Waals surface area contributed by atoms with E-state index >= 15 is 0 Å². The van der Waals surface area contributed by atoms with E-state index in [1.54, 1.807) is 4.31 Å². The minimum absolute atomic E-state index is 0.212. The van der Waals surface area contributed by atoms with Gasteiger partial charge < -0.3 is 5.32 Å². The van der Waals surface area contributed by atoms with Crippen molar-refractivity contribution in [2.45, 2.75) is 19.8 Å². The predicted molar refractivity (Wildman–Crippen MR) is 73.5 cm³/mol. The molecule has 1 atom stereocenters. The summed E-state index contributed by atoms with van der Waals surface area (Å²) in [5, 5.41) is 3.34. The van der Waals surface area contributed by atoms with Crippen molar-refractivity contribution in [1.29, 1.82) is 0 Å². The van der Waals surface area contributed by atoms with Gasteiger partial charge in [-0.25, -0.2) is 8.42 Å². The summed E-state index contributed by atoms with van der Waals surface area (Å²) in [6.45, 7) is 3.59. The molecule has 0 amide bonds. The molecular weight excluding hydrogens is 248 g/mol. The molecule has 0 aliphatic carbocycles. The van der Waals surface area contributed by atoms with E-state index in [9.17, 15) is 8.42 Å². The highest BCUT2D eigenvalue weighted by Gasteiger charge is 2.33. The van der Waals surface area contributed by atoms with Crippen LogP contribution in [0.1, 0.15) is 18.9 Å². The molecule has 4 nitrogen and oxygen atoms in total. The lowest BCUT2D eigenvalue weighted by molar-refractivity contribution is 0.598. The van der Waals surface area contributed by atoms with Crippen LogP contribution in [0.3, 0.4) is 0 Å². The number of nitrogens with zero attached hydrogens (tertiary/aromatic N) is 1. The Labute approximate surface area is 108 Å². The quantitative estimate of drug-likeness (QED) is 0.843. The summed E-state index contributed by atoms with van der Waals surface area (Å²) in [4.78, 5) is 0. The van der Waals surface area contributed by atoms with Gasteiger partial charge >= 0.3 is 0 Å². The number of fused-ring (bicyclic) bond motifs is 1. The highest BCUT2D eigenvalue weighted by molar-refractivity contribution is 7.93. The standard InChI is InChI=1S/C13H18N2O2S/c1-10-8-15(18(16,17)9-10)12-4-5-13-11(7-12)3-2-6-14-13/h4-5,7,10,14H,2-3,6,8-9H2,1H3. The lowest BCUT2D eigenvalue weighted by Crippen LogP contribution is -2.25. The zero-order valence-electron chi connectivity index (χ0n) is 10.5. The molecule has 2 aliphatic rings. The molecule has 18 heavy (non-hydrogen) atoms. The first-order valence-electron chi connectivity index (χ1n) is 6.43. The molecule has 1 unspecified atom stereocenters. The maximum absolute atomic E-state index is 12.1. The van der Waals surface area contributed by atoms with Gasteiger partial charge in [-0.2, -0.15) is 0 Å². The van der Waals surface area contributed by atoms with Gasteiger partial charge in [-0.15, -0.1) is 0 Å². The molecule has 1 saturated heterocycles. The number of anilines is 2. The summed E-state index contributed by atoms with van der Waals surface area (Å²) in [6, 6.07) is 5.94. The monoisotopic (exact) mass is 266 g/mol. The van der Waals surface area contributed by atoms with E-state index in [2.05, 4.69) is 5.32 Å². The fourth-order valence-electron chi connectivity index (χ4n) is 2.78. The van der Waals surface area contributed by atoms with Gasteiger partial charge in [-0.05, 0) is 42.5 Å². The average molecular weight is 266 g/mol. The number of rotatable bonds is 1. The van der Waals surface area contributed by atoms with Gasteiger partial charge in [0.2, 0.25) is 10.0 Å². The van der Waals surface area contributed by atoms with Gasteiger partial charge in [-0.3, -0.25) is 4.31 Å². The molecule has 0 radical (unpaired) electrons. The minimum atomic E-state index is -3.10. The van der Waals surface area contributed by atoms with Gasteiger partial charge in [0.05, 0.1) is 11.4 Å². The molecule has 2 heterocycles. The molecule has 0 aromatic heterocycles. The number of aryl methyl sites for hydroxylation is 1. The molecular formula is C13H18N2O2S. The van der Waals surface area contributed by atoms with E-state index in [4.69, 9.17) is 0 Å². The van der Waals surface area contributed by atoms with E-state index in [-0.39, 0.29) is 11.7 Å². The van der Waals surface area contributed by atoms with Crippen molar-refractivity contribution in [3.05, 3.63) is 23.8 Å². The molecule has 1 fully saturated rings. The Morgan fingerprint density at radius 1 is 1.39 bits per heavy atom. The van der Waals surface area contributed by atoms with E-state index in [1.165, 1.54) is 5.56 Å². The Morgan fingerprint density at radius 2 is 2.22 bits per heavy atom. The first-order chi connectivity index (χ1) is 8.56. The van der Waals surface area contributed by atoms with Crippen LogP contribution in [0.2, 0.25) is 0 Å². The third-order valence-electron chi connectivity index (χ3n) is 3.62. The second-order valence-corrected chi connectivity index (χ2v) is 7.22. The van der Waals surface area contributed by atoms with Crippen LogP contribution in [-0.4, -0.2) is 27.3 Å². The van der Waals surface area contributed by atoms with Crippen LogP contribution in [0.25, 0.3) is 0 Å². The van der Waals surface area contributed by atoms with Crippen LogP contribution in [0.4, 0.5) is 11.4 Å². The lowest BCUT2D eigenvalue weighted by atomic mass is 10.0. The van der Waals surface area contributed by atoms with Crippen molar-refractivity contribution in [2.24, 2.45) is 5.92 Å². The van der Waals surface area contributed by atoms with Crippen molar-refractivity contribution in [3.63, 3.8) is 0 Å². The molecule has 5 heteroatoms. The van der Waals surface area contributed by atoms with Gasteiger partial charge in [0.15, 0.2) is 0 Å². The zero-order chi connectivity index (χ0) is 12.8. The van der Waals surface area contributed by atoms with E-state index in [0.717, 1.165) is 30.8 Å². The van der Waals surface area contributed by atoms with Crippen molar-refractivity contribution in [3.8, 4) is 0 Å². The third-order valence-corrected chi connectivity index (χ3v) is 5.65. The molecule has 0 spiro atoms. The van der Waals surface area contributed by atoms with Gasteiger partial charge in [-0.1, -0.05) is 6.92 Å². The van der Waals surface area contributed by atoms with Crippen LogP contribution < -0.4 is 9.62 Å². The Morgan fingerprint density at radius 3 is 2.94 bits per heavy atom. The number of benzene rings is 1. The molecule has 1 N–H and O–H groups in total. The fourth-order valence-corrected chi connectivity index (χ4v) is 4.70. The van der Waals surface area contributed by atoms with E-state index in [0.29, 0.717) is 6.54 Å². The summed E-state index contributed by atoms with van der Waals surface area (Å²) in [7, 11) is -3.10. The molecule has 1 aromatic rings. The van der Waals surface area contributed by atoms with Gasteiger partial charge in [0.1, 0.15) is 0 Å². The summed E-state index contributed by atoms with van der Waals surface area (Å²) in [5.41, 5.74) is 3.20. The van der Waals surface area contributed by atoms with Crippen LogP contribution in [0, 0.1) is 5.92 Å². The van der Waals surface area contributed by atoms with Crippen LogP contribution >= 0.6 is 0 Å². The van der Waals surface area contributed by atoms with E-state index < -0.39 is 10.0 Å². The topological polar surface area (TPSA) is 49.4 Å². The molecule has 1 aromatic carbocycles. The van der Waals surface area contributed by atoms with Crippen LogP contribution in [0.15, 0.2) is 18.2 Å². The van der Waals surface area contributed by atoms with Crippen molar-refractivity contribution in [2.75, 3.05) is 28.5 Å². The third kappa shape index (κ3) is 1.96. The zero-order valence-corrected chi connectivity index (χ0v) is 11.3. The van der Waals surface area contributed by atoms with Crippen molar-refractivity contribution in [1.82, 2.24) is 0 Å². The maximum atomic E-state index is 12.1. The summed E-state index contributed by atoms with van der Waals surface area (Å²) < 4.78 is 25.7. The van der Waals surface area contributed by atoms with E-state index in [1.807, 2.05) is 25.1 Å². The molecule has 98 valence electrons. The average Bonchev–Trinajstić information content (AvgIpc) is 2.62. The fraction of sp³-hybridized carbons (Fsp3) is 0.538. The van der Waals surface area contributed by atoms with Gasteiger partial charge in [0.25, 0.3) is 0 Å². The maximum Gasteiger partial charge on any atom is 0.235 e. The molecule has 0 saturated carbocycles. The lowest BCUT2D eigenvalue weighted by Gasteiger charge is -2.22. The Balaban J connectivity index is 1.98. The minimum Gasteiger partial charge on any atom is -0.385 e. The summed E-state index contributed by atoms with van der Waals surface area (Å²) in [5.74, 6) is 0.478. The highest BCUT2D eigenvalue weighted by atomic mass is 32.2. The highest BCUT2D eigenvalue weighted by Crippen LogP contribution is 2.31. The predicted octanol–water partition coefficient (Wildman–Crippen LogP) is 1.83. The second-order valence-electron chi connectivity index (χ2n) is 5.29. The first-order valence-corrected chi connectivity index (χ1v) is 8.04. The number of hydrogen-bond donors (Lipinski definition) is 1. The normalized spacial score (nSPS) is 25.6. The number of hydrogen-bond acceptors (Lipinski definition) is 3. The smallest absolute Gasteiger partial charge is 0.235 e. The first kappa shape index (κ1) is 11.8. The van der Waals surface area contributed by atoms with Crippen molar-refractivity contribution >= 4 is 21.4 Å². The number of sulfonamides is 1. The number of nitrogens with one attached hydrogen (secondary N) is 1. The summed E-state index contributed by atoms with van der Waals surface area (Å²) in [6.07, 6.45) is 2.14. The van der Waals surface area contributed by atoms with Crippen molar-refractivity contribution < 1.29 is 8.42 Å². The van der Waals surface area contributed by atoms with Crippen LogP contribution in [-0.2, 0) is 16.4 Å². The Bertz CT molecular complexity index is 568.